The number of hydrogen-bond acceptors (Lipinski definition) is 9. The molecule has 0 unspecified atom stereocenters. The number of hydrogen-bond donors (Lipinski definition) is 1. The number of amides is 1. The molecule has 1 saturated heterocycles. The monoisotopic (exact) mass is 564 g/mol. The highest BCUT2D eigenvalue weighted by Gasteiger charge is 2.31. The number of piperidine rings is 1. The van der Waals surface area contributed by atoms with Crippen molar-refractivity contribution in [3.05, 3.63) is 70.4 Å². The molecule has 0 aliphatic carbocycles. The summed E-state index contributed by atoms with van der Waals surface area (Å²) in [6, 6.07) is 9.97. The Morgan fingerprint density at radius 2 is 1.57 bits per heavy atom. The van der Waals surface area contributed by atoms with Gasteiger partial charge in [0.05, 0.1) is 20.9 Å². The van der Waals surface area contributed by atoms with E-state index in [2.05, 4.69) is 10.3 Å². The van der Waals surface area contributed by atoms with Crippen LogP contribution in [0.5, 0.6) is 0 Å². The number of aromatic nitrogens is 1. The van der Waals surface area contributed by atoms with Crippen molar-refractivity contribution in [1.82, 2.24) is 9.29 Å². The summed E-state index contributed by atoms with van der Waals surface area (Å²) >= 11 is 0.727. The van der Waals surface area contributed by atoms with Crippen LogP contribution in [-0.4, -0.2) is 50.0 Å². The molecule has 37 heavy (non-hydrogen) atoms. The van der Waals surface area contributed by atoms with E-state index in [9.17, 15) is 31.7 Å². The van der Waals surface area contributed by atoms with Crippen LogP contribution in [0.3, 0.4) is 0 Å². The highest BCUT2D eigenvalue weighted by atomic mass is 32.2. The zero-order valence-electron chi connectivity index (χ0n) is 19.9. The third-order valence-corrected chi connectivity index (χ3v) is 10.9. The second-order valence-corrected chi connectivity index (χ2v) is 14.1. The van der Waals surface area contributed by atoms with Crippen LogP contribution in [0, 0.1) is 22.0 Å². The molecule has 1 fully saturated rings. The van der Waals surface area contributed by atoms with Gasteiger partial charge in [0.25, 0.3) is 11.6 Å². The molecule has 2 aromatic carbocycles. The van der Waals surface area contributed by atoms with E-state index < -0.39 is 30.7 Å². The van der Waals surface area contributed by atoms with E-state index in [1.807, 2.05) is 13.8 Å². The number of benzene rings is 2. The van der Waals surface area contributed by atoms with Gasteiger partial charge in [0, 0.05) is 30.8 Å². The average molecular weight is 565 g/mol. The molecule has 2 heterocycles. The third-order valence-electron chi connectivity index (χ3n) is 5.92. The molecule has 1 aromatic heterocycles. The Kier molecular flexibility index (Phi) is 7.46. The van der Waals surface area contributed by atoms with Crippen LogP contribution in [0.4, 0.5) is 10.8 Å². The van der Waals surface area contributed by atoms with Gasteiger partial charge in [-0.2, -0.15) is 4.31 Å². The first-order valence-corrected chi connectivity index (χ1v) is 15.0. The van der Waals surface area contributed by atoms with Gasteiger partial charge < -0.3 is 0 Å². The van der Waals surface area contributed by atoms with Crippen molar-refractivity contribution in [3.63, 3.8) is 0 Å². The molecule has 4 rings (SSSR count). The molecular weight excluding hydrogens is 540 g/mol. The summed E-state index contributed by atoms with van der Waals surface area (Å²) in [5, 5.41) is 13.3. The van der Waals surface area contributed by atoms with Crippen molar-refractivity contribution in [2.45, 2.75) is 34.3 Å². The van der Waals surface area contributed by atoms with E-state index in [4.69, 9.17) is 0 Å². The van der Waals surface area contributed by atoms with Gasteiger partial charge in [0.2, 0.25) is 19.9 Å². The first-order chi connectivity index (χ1) is 17.4. The number of carbonyl (C=O) groups excluding carboxylic acids is 1. The fourth-order valence-corrected chi connectivity index (χ4v) is 8.31. The quantitative estimate of drug-likeness (QED) is 0.335. The second kappa shape index (κ2) is 10.3. The second-order valence-electron chi connectivity index (χ2n) is 8.99. The Bertz CT molecular complexity index is 1520. The van der Waals surface area contributed by atoms with Gasteiger partial charge in [0.15, 0.2) is 5.13 Å². The van der Waals surface area contributed by atoms with Gasteiger partial charge >= 0.3 is 0 Å². The maximum absolute atomic E-state index is 13.0. The number of sulfonamides is 1. The number of carbonyl (C=O) groups is 1. The lowest BCUT2D eigenvalue weighted by Gasteiger charge is -2.34. The third kappa shape index (κ3) is 5.71. The molecule has 3 aromatic rings. The molecule has 196 valence electrons. The van der Waals surface area contributed by atoms with E-state index >= 15 is 0 Å². The molecule has 0 saturated carbocycles. The van der Waals surface area contributed by atoms with Gasteiger partial charge in [-0.25, -0.2) is 21.8 Å². The Morgan fingerprint density at radius 1 is 1.00 bits per heavy atom. The van der Waals surface area contributed by atoms with Crippen LogP contribution in [0.15, 0.2) is 68.7 Å². The number of nitro benzene ring substituents is 1. The summed E-state index contributed by atoms with van der Waals surface area (Å²) in [4.78, 5) is 26.7. The smallest absolute Gasteiger partial charge is 0.269 e. The number of nitro groups is 1. The summed E-state index contributed by atoms with van der Waals surface area (Å²) in [6.45, 7) is 4.94. The van der Waals surface area contributed by atoms with E-state index in [1.54, 1.807) is 0 Å². The molecule has 0 bridgehead atoms. The zero-order chi connectivity index (χ0) is 27.0. The van der Waals surface area contributed by atoms with Crippen molar-refractivity contribution >= 4 is 47.9 Å². The summed E-state index contributed by atoms with van der Waals surface area (Å²) < 4.78 is 53.0. The van der Waals surface area contributed by atoms with Crippen LogP contribution < -0.4 is 5.32 Å². The summed E-state index contributed by atoms with van der Waals surface area (Å²) in [6.07, 6.45) is 2.06. The highest BCUT2D eigenvalue weighted by molar-refractivity contribution is 7.93. The molecule has 11 nitrogen and oxygen atoms in total. The number of rotatable bonds is 7. The topological polar surface area (TPSA) is 157 Å². The number of non-ortho nitro benzene ring substituents is 1. The van der Waals surface area contributed by atoms with Crippen LogP contribution in [0.25, 0.3) is 0 Å². The predicted molar refractivity (Wildman–Crippen MR) is 137 cm³/mol. The van der Waals surface area contributed by atoms with E-state index in [0.29, 0.717) is 13.1 Å². The Labute approximate surface area is 218 Å². The highest BCUT2D eigenvalue weighted by Crippen LogP contribution is 2.30. The minimum Gasteiger partial charge on any atom is -0.298 e. The Morgan fingerprint density at radius 3 is 2.14 bits per heavy atom. The fraction of sp³-hybridized carbons (Fsp3) is 0.304. The number of anilines is 1. The van der Waals surface area contributed by atoms with E-state index in [0.717, 1.165) is 48.2 Å². The maximum Gasteiger partial charge on any atom is 0.269 e. The normalized spacial score (nSPS) is 18.9. The van der Waals surface area contributed by atoms with Gasteiger partial charge in [-0.15, -0.1) is 0 Å². The number of nitrogens with zero attached hydrogens (tertiary/aromatic N) is 3. The Hall–Kier alpha value is -3.20. The van der Waals surface area contributed by atoms with Gasteiger partial charge in [-0.1, -0.05) is 25.2 Å². The largest absolute Gasteiger partial charge is 0.298 e. The van der Waals surface area contributed by atoms with Crippen LogP contribution in [0.2, 0.25) is 0 Å². The molecule has 0 spiro atoms. The Balaban J connectivity index is 1.46. The predicted octanol–water partition coefficient (Wildman–Crippen LogP) is 3.80. The molecule has 1 N–H and O–H groups in total. The average Bonchev–Trinajstić information content (AvgIpc) is 3.33. The maximum atomic E-state index is 13.0. The van der Waals surface area contributed by atoms with Crippen molar-refractivity contribution in [2.24, 2.45) is 11.8 Å². The molecule has 14 heteroatoms. The lowest BCUT2D eigenvalue weighted by molar-refractivity contribution is -0.384. The SMILES string of the molecule is C[C@@H]1C[C@@H](C)CN(S(=O)(=O)c2ccc(C(=O)Nc3ncc(S(=O)(=O)c4ccc([N+](=O)[O-])cc4)s3)cc2)C1. The minimum atomic E-state index is -3.99. The molecule has 2 atom stereocenters. The molecular formula is C23H24N4O7S3. The number of nitrogens with one attached hydrogen (secondary N) is 1. The van der Waals surface area contributed by atoms with Crippen molar-refractivity contribution in [2.75, 3.05) is 18.4 Å². The summed E-state index contributed by atoms with van der Waals surface area (Å²) in [5.74, 6) is -0.0650. The zero-order valence-corrected chi connectivity index (χ0v) is 22.3. The van der Waals surface area contributed by atoms with Gasteiger partial charge in [-0.3, -0.25) is 20.2 Å². The van der Waals surface area contributed by atoms with Crippen LogP contribution in [0.1, 0.15) is 30.6 Å². The number of sulfone groups is 1. The van der Waals surface area contributed by atoms with Crippen molar-refractivity contribution in [1.29, 1.82) is 0 Å². The molecule has 1 aliphatic heterocycles. The molecule has 0 radical (unpaired) electrons. The lowest BCUT2D eigenvalue weighted by Crippen LogP contribution is -2.42. The van der Waals surface area contributed by atoms with Crippen molar-refractivity contribution in [3.8, 4) is 0 Å². The van der Waals surface area contributed by atoms with Crippen molar-refractivity contribution < 1.29 is 26.6 Å². The summed E-state index contributed by atoms with van der Waals surface area (Å²) in [5.41, 5.74) is -0.0654. The van der Waals surface area contributed by atoms with Gasteiger partial charge in [-0.05, 0) is 54.7 Å². The van der Waals surface area contributed by atoms with E-state index in [1.165, 1.54) is 28.6 Å². The standard InChI is InChI=1S/C23H24N4O7S3/c1-15-11-16(2)14-26(13-15)37(33,34)20-7-3-17(4-8-20)22(28)25-23-24-12-21(35-23)36(31,32)19-9-5-18(6-10-19)27(29)30/h3-10,12,15-16H,11,13-14H2,1-2H3,(H,24,25,28)/t15-,16-/m1/s1. The first-order valence-electron chi connectivity index (χ1n) is 11.2. The van der Waals surface area contributed by atoms with Gasteiger partial charge in [0.1, 0.15) is 4.21 Å². The van der Waals surface area contributed by atoms with Crippen LogP contribution in [-0.2, 0) is 19.9 Å². The lowest BCUT2D eigenvalue weighted by atomic mass is 9.94. The minimum absolute atomic E-state index is 0.0264. The number of thiazole rings is 1. The molecule has 1 amide bonds. The summed E-state index contributed by atoms with van der Waals surface area (Å²) in [7, 11) is -7.68. The fourth-order valence-electron chi connectivity index (χ4n) is 4.20. The van der Waals surface area contributed by atoms with Crippen LogP contribution >= 0.6 is 11.3 Å². The molecule has 1 aliphatic rings. The first kappa shape index (κ1) is 26.9. The van der Waals surface area contributed by atoms with E-state index in [-0.39, 0.29) is 42.2 Å².